The van der Waals surface area contributed by atoms with Gasteiger partial charge in [0.1, 0.15) is 0 Å². The highest BCUT2D eigenvalue weighted by Gasteiger charge is 2.30. The summed E-state index contributed by atoms with van der Waals surface area (Å²) in [6.07, 6.45) is 3.23. The van der Waals surface area contributed by atoms with E-state index in [9.17, 15) is 5.11 Å². The maximum absolute atomic E-state index is 9.28. The second kappa shape index (κ2) is 2.27. The molecule has 2 N–H and O–H groups in total. The first kappa shape index (κ1) is 7.03. The quantitative estimate of drug-likeness (QED) is 0.585. The van der Waals surface area contributed by atoms with Crippen molar-refractivity contribution in [2.45, 2.75) is 31.8 Å². The molecule has 2 heteroatoms. The van der Waals surface area contributed by atoms with E-state index in [0.29, 0.717) is 5.92 Å². The largest absolute Gasteiger partial charge is 0.393 e. The van der Waals surface area contributed by atoms with Crippen LogP contribution in [0.25, 0.3) is 0 Å². The maximum Gasteiger partial charge on any atom is 0.0852 e. The van der Waals surface area contributed by atoms with Gasteiger partial charge in [-0.05, 0) is 19.3 Å². The molecule has 1 saturated carbocycles. The summed E-state index contributed by atoms with van der Waals surface area (Å²) in [6.45, 7) is 1.58. The average Bonchev–Trinajstić information content (AvgIpc) is 2.50. The number of aliphatic hydroxyl groups excluding tert-OH is 1. The first-order valence-electron chi connectivity index (χ1n) is 3.47. The van der Waals surface area contributed by atoms with E-state index >= 15 is 0 Å². The fourth-order valence-electron chi connectivity index (χ4n) is 1.01. The highest BCUT2D eigenvalue weighted by molar-refractivity contribution is 4.82. The summed E-state index contributed by atoms with van der Waals surface area (Å²) in [7, 11) is 0. The Kier molecular flexibility index (Phi) is 1.78. The molecule has 1 aliphatic carbocycles. The van der Waals surface area contributed by atoms with Crippen molar-refractivity contribution in [1.29, 1.82) is 0 Å². The first-order chi connectivity index (χ1) is 4.14. The van der Waals surface area contributed by atoms with E-state index in [-0.39, 0.29) is 6.61 Å². The summed E-state index contributed by atoms with van der Waals surface area (Å²) < 4.78 is 0. The van der Waals surface area contributed by atoms with Gasteiger partial charge in [0, 0.05) is 0 Å². The molecule has 1 fully saturated rings. The second-order valence-electron chi connectivity index (χ2n) is 3.30. The average molecular weight is 130 g/mol. The first-order valence-corrected chi connectivity index (χ1v) is 3.47. The molecule has 2 nitrogen and oxygen atoms in total. The molecule has 0 radical (unpaired) electrons. The third-order valence-electron chi connectivity index (χ3n) is 1.77. The summed E-state index contributed by atoms with van der Waals surface area (Å²) in [5.41, 5.74) is -0.818. The van der Waals surface area contributed by atoms with E-state index in [1.165, 1.54) is 12.8 Å². The normalized spacial score (nSPS) is 25.7. The van der Waals surface area contributed by atoms with Crippen LogP contribution in [-0.2, 0) is 0 Å². The van der Waals surface area contributed by atoms with Crippen molar-refractivity contribution < 1.29 is 10.2 Å². The van der Waals surface area contributed by atoms with Crippen LogP contribution in [0.15, 0.2) is 0 Å². The second-order valence-corrected chi connectivity index (χ2v) is 3.30. The van der Waals surface area contributed by atoms with Gasteiger partial charge in [0.15, 0.2) is 0 Å². The molecular weight excluding hydrogens is 116 g/mol. The fraction of sp³-hybridized carbons (Fsp3) is 1.00. The Morgan fingerprint density at radius 1 is 1.56 bits per heavy atom. The van der Waals surface area contributed by atoms with E-state index in [0.717, 1.165) is 6.42 Å². The highest BCUT2D eigenvalue weighted by Crippen LogP contribution is 2.36. The van der Waals surface area contributed by atoms with Crippen LogP contribution in [0.2, 0.25) is 0 Å². The Bertz CT molecular complexity index is 95.1. The van der Waals surface area contributed by atoms with E-state index in [1.54, 1.807) is 6.92 Å². The van der Waals surface area contributed by atoms with E-state index < -0.39 is 5.60 Å². The van der Waals surface area contributed by atoms with Gasteiger partial charge in [0.25, 0.3) is 0 Å². The molecule has 0 spiro atoms. The van der Waals surface area contributed by atoms with Crippen LogP contribution < -0.4 is 0 Å². The van der Waals surface area contributed by atoms with Crippen molar-refractivity contribution in [1.82, 2.24) is 0 Å². The zero-order chi connectivity index (χ0) is 6.91. The molecule has 1 rings (SSSR count). The zero-order valence-electron chi connectivity index (χ0n) is 5.80. The predicted molar refractivity (Wildman–Crippen MR) is 35.1 cm³/mol. The SMILES string of the molecule is CC(O)(CO)CC1CC1. The lowest BCUT2D eigenvalue weighted by Gasteiger charge is -2.19. The third kappa shape index (κ3) is 2.33. The Morgan fingerprint density at radius 3 is 2.44 bits per heavy atom. The fourth-order valence-corrected chi connectivity index (χ4v) is 1.01. The predicted octanol–water partition coefficient (Wildman–Crippen LogP) is 0.530. The monoisotopic (exact) mass is 130 g/mol. The van der Waals surface area contributed by atoms with Gasteiger partial charge in [-0.15, -0.1) is 0 Å². The van der Waals surface area contributed by atoms with E-state index in [4.69, 9.17) is 5.11 Å². The van der Waals surface area contributed by atoms with Crippen molar-refractivity contribution in [3.05, 3.63) is 0 Å². The third-order valence-corrected chi connectivity index (χ3v) is 1.77. The lowest BCUT2D eigenvalue weighted by molar-refractivity contribution is -0.00934. The summed E-state index contributed by atoms with van der Waals surface area (Å²) in [6, 6.07) is 0. The molecule has 0 amide bonds. The molecule has 0 aromatic heterocycles. The lowest BCUT2D eigenvalue weighted by Crippen LogP contribution is -2.29. The molecule has 0 aromatic carbocycles. The van der Waals surface area contributed by atoms with Crippen LogP contribution in [0.3, 0.4) is 0 Å². The molecule has 0 heterocycles. The Hall–Kier alpha value is -0.0800. The summed E-state index contributed by atoms with van der Waals surface area (Å²) >= 11 is 0. The Morgan fingerprint density at radius 2 is 2.11 bits per heavy atom. The van der Waals surface area contributed by atoms with Gasteiger partial charge in [-0.3, -0.25) is 0 Å². The smallest absolute Gasteiger partial charge is 0.0852 e. The van der Waals surface area contributed by atoms with Crippen LogP contribution in [0, 0.1) is 5.92 Å². The molecule has 1 atom stereocenters. The van der Waals surface area contributed by atoms with Gasteiger partial charge in [-0.25, -0.2) is 0 Å². The van der Waals surface area contributed by atoms with Crippen LogP contribution in [0.1, 0.15) is 26.2 Å². The van der Waals surface area contributed by atoms with Crippen LogP contribution in [0.5, 0.6) is 0 Å². The highest BCUT2D eigenvalue weighted by atomic mass is 16.3. The van der Waals surface area contributed by atoms with Gasteiger partial charge in [0.2, 0.25) is 0 Å². The van der Waals surface area contributed by atoms with Gasteiger partial charge >= 0.3 is 0 Å². The molecule has 54 valence electrons. The van der Waals surface area contributed by atoms with Crippen molar-refractivity contribution in [2.24, 2.45) is 5.92 Å². The van der Waals surface area contributed by atoms with Crippen molar-refractivity contribution >= 4 is 0 Å². The topological polar surface area (TPSA) is 40.5 Å². The van der Waals surface area contributed by atoms with Gasteiger partial charge in [-0.2, -0.15) is 0 Å². The maximum atomic E-state index is 9.28. The molecular formula is C7H14O2. The molecule has 0 bridgehead atoms. The van der Waals surface area contributed by atoms with Gasteiger partial charge in [-0.1, -0.05) is 12.8 Å². The molecule has 1 unspecified atom stereocenters. The number of aliphatic hydroxyl groups is 2. The number of hydrogen-bond acceptors (Lipinski definition) is 2. The van der Waals surface area contributed by atoms with Gasteiger partial charge in [0.05, 0.1) is 12.2 Å². The Labute approximate surface area is 55.5 Å². The van der Waals surface area contributed by atoms with Crippen molar-refractivity contribution in [3.63, 3.8) is 0 Å². The minimum atomic E-state index is -0.818. The van der Waals surface area contributed by atoms with Crippen LogP contribution >= 0.6 is 0 Å². The summed E-state index contributed by atoms with van der Waals surface area (Å²) in [5, 5.41) is 17.9. The standard InChI is InChI=1S/C7H14O2/c1-7(9,5-8)4-6-2-3-6/h6,8-9H,2-5H2,1H3. The van der Waals surface area contributed by atoms with Gasteiger partial charge < -0.3 is 10.2 Å². The zero-order valence-corrected chi connectivity index (χ0v) is 5.80. The van der Waals surface area contributed by atoms with E-state index in [2.05, 4.69) is 0 Å². The number of rotatable bonds is 3. The summed E-state index contributed by atoms with van der Waals surface area (Å²) in [4.78, 5) is 0. The van der Waals surface area contributed by atoms with Crippen molar-refractivity contribution in [2.75, 3.05) is 6.61 Å². The molecule has 0 aromatic rings. The molecule has 0 saturated heterocycles. The number of hydrogen-bond donors (Lipinski definition) is 2. The van der Waals surface area contributed by atoms with E-state index in [1.807, 2.05) is 0 Å². The van der Waals surface area contributed by atoms with Crippen molar-refractivity contribution in [3.8, 4) is 0 Å². The van der Waals surface area contributed by atoms with Crippen LogP contribution in [0.4, 0.5) is 0 Å². The molecule has 9 heavy (non-hydrogen) atoms. The molecule has 1 aliphatic rings. The minimum absolute atomic E-state index is 0.108. The lowest BCUT2D eigenvalue weighted by atomic mass is 10.0. The minimum Gasteiger partial charge on any atom is -0.393 e. The van der Waals surface area contributed by atoms with Crippen LogP contribution in [-0.4, -0.2) is 22.4 Å². The molecule has 0 aliphatic heterocycles. The summed E-state index contributed by atoms with van der Waals surface area (Å²) in [5.74, 6) is 0.687. The Balaban J connectivity index is 2.21.